The molecule has 0 aromatic heterocycles. The summed E-state index contributed by atoms with van der Waals surface area (Å²) in [7, 11) is -1.67. The molecule has 100 valence electrons. The summed E-state index contributed by atoms with van der Waals surface area (Å²) in [6.07, 6.45) is 1.43. The average Bonchev–Trinajstić information content (AvgIpc) is 2.35. The van der Waals surface area contributed by atoms with E-state index < -0.39 is 13.9 Å². The Labute approximate surface area is 120 Å². The molecule has 1 atom stereocenters. The summed E-state index contributed by atoms with van der Waals surface area (Å²) in [5, 5.41) is 0. The van der Waals surface area contributed by atoms with Crippen LogP contribution in [0.4, 0.5) is 0 Å². The molecule has 0 aromatic rings. The van der Waals surface area contributed by atoms with Gasteiger partial charge in [-0.15, -0.1) is 0 Å². The third kappa shape index (κ3) is 4.48. The zero-order valence-electron chi connectivity index (χ0n) is 11.7. The summed E-state index contributed by atoms with van der Waals surface area (Å²) in [6, 6.07) is 3.34. The monoisotopic (exact) mass is 368 g/mol. The molecule has 0 aliphatic heterocycles. The predicted molar refractivity (Wildman–Crippen MR) is 85.1 cm³/mol. The van der Waals surface area contributed by atoms with E-state index in [0.717, 1.165) is 30.0 Å². The van der Waals surface area contributed by atoms with Crippen molar-refractivity contribution in [2.24, 2.45) is 0 Å². The van der Waals surface area contributed by atoms with Gasteiger partial charge in [-0.3, -0.25) is 0 Å². The van der Waals surface area contributed by atoms with Gasteiger partial charge in [-0.2, -0.15) is 0 Å². The Hall–Kier alpha value is 0.317. The quantitative estimate of drug-likeness (QED) is 0.353. The van der Waals surface area contributed by atoms with Crippen molar-refractivity contribution < 1.29 is 9.22 Å². The maximum absolute atomic E-state index is 10.9. The largest absolute Gasteiger partial charge is 0.408 e. The third-order valence-electron chi connectivity index (χ3n) is 3.85. The SMILES string of the molecule is CC[Si](CC)(CC)O[C@](C)(CC=O)/C(C)=C/I. The molecule has 2 nitrogen and oxygen atoms in total. The van der Waals surface area contributed by atoms with Crippen LogP contribution in [0.2, 0.25) is 18.1 Å². The number of rotatable bonds is 8. The lowest BCUT2D eigenvalue weighted by molar-refractivity contribution is -0.110. The summed E-state index contributed by atoms with van der Waals surface area (Å²) in [4.78, 5) is 10.9. The van der Waals surface area contributed by atoms with Crippen LogP contribution in [0.1, 0.15) is 41.0 Å². The molecular weight excluding hydrogens is 343 g/mol. The summed E-state index contributed by atoms with van der Waals surface area (Å²) in [5.41, 5.74) is 0.745. The Morgan fingerprint density at radius 3 is 2.06 bits per heavy atom. The first-order chi connectivity index (χ1) is 7.93. The zero-order valence-corrected chi connectivity index (χ0v) is 14.8. The smallest absolute Gasteiger partial charge is 0.193 e. The van der Waals surface area contributed by atoms with Gasteiger partial charge in [-0.05, 0) is 41.6 Å². The van der Waals surface area contributed by atoms with Gasteiger partial charge in [-0.25, -0.2) is 0 Å². The molecule has 4 heteroatoms. The van der Waals surface area contributed by atoms with E-state index in [9.17, 15) is 4.79 Å². The minimum absolute atomic E-state index is 0.406. The number of hydrogen-bond acceptors (Lipinski definition) is 2. The van der Waals surface area contributed by atoms with Crippen LogP contribution in [0, 0.1) is 0 Å². The molecular formula is C13H25IO2Si. The molecule has 0 heterocycles. The Bertz CT molecular complexity index is 266. The Morgan fingerprint density at radius 1 is 1.29 bits per heavy atom. The average molecular weight is 368 g/mol. The van der Waals surface area contributed by atoms with Crippen LogP contribution in [0.3, 0.4) is 0 Å². The highest BCUT2D eigenvalue weighted by molar-refractivity contribution is 14.1. The highest BCUT2D eigenvalue weighted by atomic mass is 127. The van der Waals surface area contributed by atoms with E-state index in [4.69, 9.17) is 4.43 Å². The molecule has 0 amide bonds. The van der Waals surface area contributed by atoms with Crippen LogP contribution in [0.25, 0.3) is 0 Å². The minimum atomic E-state index is -1.67. The van der Waals surface area contributed by atoms with E-state index in [-0.39, 0.29) is 0 Å². The molecule has 0 saturated heterocycles. The van der Waals surface area contributed by atoms with E-state index in [1.165, 1.54) is 0 Å². The van der Waals surface area contributed by atoms with Crippen LogP contribution in [-0.4, -0.2) is 20.2 Å². The van der Waals surface area contributed by atoms with E-state index in [1.807, 2.05) is 4.08 Å². The molecule has 0 saturated carbocycles. The van der Waals surface area contributed by atoms with Gasteiger partial charge in [0, 0.05) is 6.42 Å². The van der Waals surface area contributed by atoms with Crippen molar-refractivity contribution in [3.05, 3.63) is 9.66 Å². The van der Waals surface area contributed by atoms with Gasteiger partial charge in [0.25, 0.3) is 0 Å². The lowest BCUT2D eigenvalue weighted by atomic mass is 9.96. The highest BCUT2D eigenvalue weighted by Crippen LogP contribution is 2.34. The first-order valence-corrected chi connectivity index (χ1v) is 10.1. The normalized spacial score (nSPS) is 16.7. The zero-order chi connectivity index (χ0) is 13.5. The van der Waals surface area contributed by atoms with Crippen molar-refractivity contribution in [2.45, 2.75) is 64.8 Å². The molecule has 0 rings (SSSR count). The van der Waals surface area contributed by atoms with Gasteiger partial charge in [0.05, 0.1) is 5.60 Å². The van der Waals surface area contributed by atoms with E-state index in [0.29, 0.717) is 6.42 Å². The van der Waals surface area contributed by atoms with Crippen molar-refractivity contribution in [2.75, 3.05) is 0 Å². The van der Waals surface area contributed by atoms with Gasteiger partial charge in [-0.1, -0.05) is 43.4 Å². The maximum atomic E-state index is 10.9. The molecule has 0 bridgehead atoms. The summed E-state index contributed by atoms with van der Waals surface area (Å²) in [5.74, 6) is 0. The van der Waals surface area contributed by atoms with Gasteiger partial charge in [0.15, 0.2) is 8.32 Å². The third-order valence-corrected chi connectivity index (χ3v) is 9.53. The first kappa shape index (κ1) is 17.3. The lowest BCUT2D eigenvalue weighted by Gasteiger charge is -2.40. The Morgan fingerprint density at radius 2 is 1.76 bits per heavy atom. The minimum Gasteiger partial charge on any atom is -0.408 e. The fraction of sp³-hybridized carbons (Fsp3) is 0.769. The molecule has 0 aromatic carbocycles. The molecule has 0 spiro atoms. The molecule has 0 radical (unpaired) electrons. The summed E-state index contributed by atoms with van der Waals surface area (Å²) < 4.78 is 8.53. The number of hydrogen-bond donors (Lipinski definition) is 0. The van der Waals surface area contributed by atoms with E-state index >= 15 is 0 Å². The van der Waals surface area contributed by atoms with Crippen LogP contribution in [0.5, 0.6) is 0 Å². The second kappa shape index (κ2) is 7.69. The second-order valence-electron chi connectivity index (χ2n) is 4.74. The molecule has 0 aliphatic rings. The van der Waals surface area contributed by atoms with Gasteiger partial charge >= 0.3 is 0 Å². The van der Waals surface area contributed by atoms with Crippen molar-refractivity contribution in [1.29, 1.82) is 0 Å². The van der Waals surface area contributed by atoms with Crippen LogP contribution in [-0.2, 0) is 9.22 Å². The highest BCUT2D eigenvalue weighted by Gasteiger charge is 2.38. The fourth-order valence-electron chi connectivity index (χ4n) is 2.00. The second-order valence-corrected chi connectivity index (χ2v) is 10.1. The van der Waals surface area contributed by atoms with Gasteiger partial charge < -0.3 is 9.22 Å². The number of carbonyl (C=O) groups excluding carboxylic acids is 1. The molecule has 0 aliphatic carbocycles. The number of halogens is 1. The summed E-state index contributed by atoms with van der Waals surface area (Å²) >= 11 is 2.22. The maximum Gasteiger partial charge on any atom is 0.193 e. The molecule has 0 unspecified atom stereocenters. The lowest BCUT2D eigenvalue weighted by Crippen LogP contribution is -2.46. The van der Waals surface area contributed by atoms with Gasteiger partial charge in [0.2, 0.25) is 0 Å². The fourth-order valence-corrected chi connectivity index (χ4v) is 5.79. The molecule has 17 heavy (non-hydrogen) atoms. The topological polar surface area (TPSA) is 26.3 Å². The Balaban J connectivity index is 5.16. The van der Waals surface area contributed by atoms with Crippen molar-refractivity contribution >= 4 is 37.2 Å². The molecule has 0 fully saturated rings. The Kier molecular flexibility index (Phi) is 7.83. The first-order valence-electron chi connectivity index (χ1n) is 6.34. The van der Waals surface area contributed by atoms with Crippen LogP contribution < -0.4 is 0 Å². The number of aldehydes is 1. The van der Waals surface area contributed by atoms with Crippen molar-refractivity contribution in [1.82, 2.24) is 0 Å². The van der Waals surface area contributed by atoms with Crippen molar-refractivity contribution in [3.63, 3.8) is 0 Å². The van der Waals surface area contributed by atoms with E-state index in [1.54, 1.807) is 0 Å². The van der Waals surface area contributed by atoms with Crippen LogP contribution in [0.15, 0.2) is 9.66 Å². The predicted octanol–water partition coefficient (Wildman–Crippen LogP) is 4.69. The number of carbonyl (C=O) groups is 1. The van der Waals surface area contributed by atoms with Crippen molar-refractivity contribution in [3.8, 4) is 0 Å². The van der Waals surface area contributed by atoms with Gasteiger partial charge in [0.1, 0.15) is 6.29 Å². The van der Waals surface area contributed by atoms with E-state index in [2.05, 4.69) is 57.2 Å². The summed E-state index contributed by atoms with van der Waals surface area (Å²) in [6.45, 7) is 10.7. The van der Waals surface area contributed by atoms with Crippen LogP contribution >= 0.6 is 22.6 Å². The molecule has 0 N–H and O–H groups in total. The standard InChI is InChI=1S/C13H25IO2Si/c1-6-17(7-2,8-3)16-13(5,9-10-15)12(4)11-14/h10-11H,6-9H2,1-5H3/b12-11+/t13-/m1/s1.